The van der Waals surface area contributed by atoms with E-state index in [9.17, 15) is 0 Å². The topological polar surface area (TPSA) is 37.8 Å². The zero-order valence-electron chi connectivity index (χ0n) is 11.3. The molecule has 0 saturated carbocycles. The van der Waals surface area contributed by atoms with Crippen LogP contribution in [0, 0.1) is 0 Å². The molecular weight excluding hydrogens is 230 g/mol. The molecular formula is C13H23N3S. The van der Waals surface area contributed by atoms with Crippen molar-refractivity contribution < 1.29 is 0 Å². The van der Waals surface area contributed by atoms with Crippen LogP contribution in [0.3, 0.4) is 0 Å². The Morgan fingerprint density at radius 2 is 2.18 bits per heavy atom. The molecule has 0 unspecified atom stereocenters. The maximum Gasteiger partial charge on any atom is 0.138 e. The molecule has 0 radical (unpaired) electrons. The lowest BCUT2D eigenvalue weighted by atomic mass is 10.1. The summed E-state index contributed by atoms with van der Waals surface area (Å²) in [4.78, 5) is 9.09. The molecule has 3 nitrogen and oxygen atoms in total. The van der Waals surface area contributed by atoms with Gasteiger partial charge in [0.2, 0.25) is 0 Å². The molecule has 0 spiro atoms. The number of hydrogen-bond acceptors (Lipinski definition) is 4. The van der Waals surface area contributed by atoms with Crippen LogP contribution >= 0.6 is 11.8 Å². The van der Waals surface area contributed by atoms with Crippen molar-refractivity contribution >= 4 is 11.8 Å². The largest absolute Gasteiger partial charge is 0.313 e. The predicted octanol–water partition coefficient (Wildman–Crippen LogP) is 2.96. The number of aromatic nitrogens is 2. The van der Waals surface area contributed by atoms with E-state index in [2.05, 4.69) is 42.3 Å². The van der Waals surface area contributed by atoms with E-state index in [1.54, 1.807) is 11.8 Å². The van der Waals surface area contributed by atoms with Crippen molar-refractivity contribution in [3.8, 4) is 0 Å². The first-order valence-electron chi connectivity index (χ1n) is 6.23. The highest BCUT2D eigenvalue weighted by Gasteiger charge is 2.10. The van der Waals surface area contributed by atoms with Gasteiger partial charge in [0.15, 0.2) is 0 Å². The summed E-state index contributed by atoms with van der Waals surface area (Å²) in [5.41, 5.74) is 2.42. The molecule has 1 aromatic heterocycles. The van der Waals surface area contributed by atoms with E-state index in [1.807, 2.05) is 6.20 Å². The minimum Gasteiger partial charge on any atom is -0.313 e. The average molecular weight is 253 g/mol. The molecule has 4 heteroatoms. The zero-order chi connectivity index (χ0) is 12.7. The van der Waals surface area contributed by atoms with Crippen molar-refractivity contribution in [3.05, 3.63) is 23.3 Å². The molecule has 0 saturated heterocycles. The SMILES string of the molecule is CCCNCc1cnc(CSC)nc1C(C)C. The van der Waals surface area contributed by atoms with Gasteiger partial charge in [-0.3, -0.25) is 0 Å². The highest BCUT2D eigenvalue weighted by Crippen LogP contribution is 2.17. The summed E-state index contributed by atoms with van der Waals surface area (Å²) >= 11 is 1.76. The second kappa shape index (κ2) is 7.67. The lowest BCUT2D eigenvalue weighted by Gasteiger charge is -2.13. The standard InChI is InChI=1S/C13H23N3S/c1-5-6-14-7-11-8-15-12(9-17-4)16-13(11)10(2)3/h8,10,14H,5-7,9H2,1-4H3. The molecule has 0 aromatic carbocycles. The lowest BCUT2D eigenvalue weighted by molar-refractivity contribution is 0.654. The highest BCUT2D eigenvalue weighted by molar-refractivity contribution is 7.97. The lowest BCUT2D eigenvalue weighted by Crippen LogP contribution is -2.17. The Labute approximate surface area is 109 Å². The molecule has 0 aliphatic heterocycles. The number of rotatable bonds is 7. The average Bonchev–Trinajstić information content (AvgIpc) is 2.31. The molecule has 1 heterocycles. The maximum absolute atomic E-state index is 4.67. The fourth-order valence-electron chi connectivity index (χ4n) is 1.69. The van der Waals surface area contributed by atoms with Crippen LogP contribution in [0.1, 0.15) is 50.2 Å². The van der Waals surface area contributed by atoms with Crippen LogP contribution < -0.4 is 5.32 Å². The molecule has 1 rings (SSSR count). The van der Waals surface area contributed by atoms with Gasteiger partial charge in [-0.15, -0.1) is 0 Å². The third-order valence-electron chi connectivity index (χ3n) is 2.51. The molecule has 1 N–H and O–H groups in total. The van der Waals surface area contributed by atoms with E-state index in [0.29, 0.717) is 5.92 Å². The molecule has 96 valence electrons. The third kappa shape index (κ3) is 4.64. The van der Waals surface area contributed by atoms with Crippen molar-refractivity contribution in [2.45, 2.75) is 45.4 Å². The Balaban J connectivity index is 2.80. The summed E-state index contributed by atoms with van der Waals surface area (Å²) in [5, 5.41) is 3.41. The van der Waals surface area contributed by atoms with Crippen LogP contribution in [0.2, 0.25) is 0 Å². The van der Waals surface area contributed by atoms with Crippen LogP contribution in [0.15, 0.2) is 6.20 Å². The summed E-state index contributed by atoms with van der Waals surface area (Å²) in [6.45, 7) is 8.47. The van der Waals surface area contributed by atoms with Gasteiger partial charge < -0.3 is 5.32 Å². The second-order valence-electron chi connectivity index (χ2n) is 4.46. The van der Waals surface area contributed by atoms with E-state index < -0.39 is 0 Å². The Bertz CT molecular complexity index is 339. The van der Waals surface area contributed by atoms with Crippen molar-refractivity contribution in [1.82, 2.24) is 15.3 Å². The molecule has 0 fully saturated rings. The summed E-state index contributed by atoms with van der Waals surface area (Å²) in [6, 6.07) is 0. The molecule has 0 aliphatic rings. The Hall–Kier alpha value is -0.610. The summed E-state index contributed by atoms with van der Waals surface area (Å²) in [7, 11) is 0. The van der Waals surface area contributed by atoms with E-state index in [4.69, 9.17) is 0 Å². The predicted molar refractivity (Wildman–Crippen MR) is 75.3 cm³/mol. The van der Waals surface area contributed by atoms with Crippen molar-refractivity contribution in [2.75, 3.05) is 12.8 Å². The fraction of sp³-hybridized carbons (Fsp3) is 0.692. The van der Waals surface area contributed by atoms with Crippen LogP contribution in [-0.4, -0.2) is 22.8 Å². The van der Waals surface area contributed by atoms with Crippen molar-refractivity contribution in [3.63, 3.8) is 0 Å². The molecule has 0 bridgehead atoms. The Morgan fingerprint density at radius 1 is 1.41 bits per heavy atom. The minimum atomic E-state index is 0.456. The van der Waals surface area contributed by atoms with Gasteiger partial charge in [-0.25, -0.2) is 9.97 Å². The quantitative estimate of drug-likeness (QED) is 0.758. The third-order valence-corrected chi connectivity index (χ3v) is 3.06. The van der Waals surface area contributed by atoms with E-state index in [-0.39, 0.29) is 0 Å². The van der Waals surface area contributed by atoms with E-state index in [1.165, 1.54) is 11.3 Å². The summed E-state index contributed by atoms with van der Waals surface area (Å²) in [6.07, 6.45) is 5.22. The van der Waals surface area contributed by atoms with Gasteiger partial charge in [0.05, 0.1) is 11.4 Å². The van der Waals surface area contributed by atoms with Crippen molar-refractivity contribution in [2.24, 2.45) is 0 Å². The first-order chi connectivity index (χ1) is 8.19. The van der Waals surface area contributed by atoms with Crippen molar-refractivity contribution in [1.29, 1.82) is 0 Å². The first-order valence-corrected chi connectivity index (χ1v) is 7.62. The molecule has 0 amide bonds. The second-order valence-corrected chi connectivity index (χ2v) is 5.33. The maximum atomic E-state index is 4.67. The number of nitrogens with one attached hydrogen (secondary N) is 1. The van der Waals surface area contributed by atoms with Crippen LogP contribution in [-0.2, 0) is 12.3 Å². The Kier molecular flexibility index (Phi) is 6.52. The van der Waals surface area contributed by atoms with Crippen LogP contribution in [0.5, 0.6) is 0 Å². The van der Waals surface area contributed by atoms with Gasteiger partial charge in [-0.2, -0.15) is 11.8 Å². The number of hydrogen-bond donors (Lipinski definition) is 1. The number of thioether (sulfide) groups is 1. The summed E-state index contributed by atoms with van der Waals surface area (Å²) < 4.78 is 0. The Morgan fingerprint density at radius 3 is 2.76 bits per heavy atom. The van der Waals surface area contributed by atoms with Gasteiger partial charge in [0.25, 0.3) is 0 Å². The minimum absolute atomic E-state index is 0.456. The smallest absolute Gasteiger partial charge is 0.138 e. The van der Waals surface area contributed by atoms with Gasteiger partial charge in [-0.1, -0.05) is 20.8 Å². The van der Waals surface area contributed by atoms with Gasteiger partial charge in [-0.05, 0) is 25.1 Å². The van der Waals surface area contributed by atoms with Gasteiger partial charge in [0.1, 0.15) is 5.82 Å². The highest BCUT2D eigenvalue weighted by atomic mass is 32.2. The monoisotopic (exact) mass is 253 g/mol. The van der Waals surface area contributed by atoms with E-state index in [0.717, 1.165) is 31.1 Å². The fourth-order valence-corrected chi connectivity index (χ4v) is 2.09. The van der Waals surface area contributed by atoms with Crippen LogP contribution in [0.4, 0.5) is 0 Å². The first kappa shape index (κ1) is 14.5. The molecule has 17 heavy (non-hydrogen) atoms. The normalized spacial score (nSPS) is 11.1. The molecule has 0 atom stereocenters. The zero-order valence-corrected chi connectivity index (χ0v) is 12.1. The van der Waals surface area contributed by atoms with Gasteiger partial charge in [0, 0.05) is 18.3 Å². The summed E-state index contributed by atoms with van der Waals surface area (Å²) in [5.74, 6) is 2.29. The van der Waals surface area contributed by atoms with E-state index >= 15 is 0 Å². The van der Waals surface area contributed by atoms with Gasteiger partial charge >= 0.3 is 0 Å². The molecule has 0 aliphatic carbocycles. The number of nitrogens with zero attached hydrogens (tertiary/aromatic N) is 2. The van der Waals surface area contributed by atoms with Crippen LogP contribution in [0.25, 0.3) is 0 Å². The molecule has 1 aromatic rings.